The third-order valence-corrected chi connectivity index (χ3v) is 18.4. The number of methoxy groups -OCH3 is 3. The normalized spacial score (nSPS) is 9.74. The number of rotatable bonds is 21. The summed E-state index contributed by atoms with van der Waals surface area (Å²) in [5.41, 5.74) is 32.8. The van der Waals surface area contributed by atoms with E-state index in [1.165, 1.54) is 54.6 Å². The van der Waals surface area contributed by atoms with E-state index in [-0.39, 0.29) is 247 Å². The summed E-state index contributed by atoms with van der Waals surface area (Å²) in [5.74, 6) is 1.47. The zero-order valence-corrected chi connectivity index (χ0v) is 94.5. The van der Waals surface area contributed by atoms with E-state index < -0.39 is 5.60 Å². The molecule has 0 amide bonds. The number of nitrogen functional groups attached to an aromatic ring is 3. The van der Waals surface area contributed by atoms with Gasteiger partial charge in [0, 0.05) is 97.4 Å². The van der Waals surface area contributed by atoms with Gasteiger partial charge in [-0.3, -0.25) is 53.1 Å². The molecule has 12 heterocycles. The number of aliphatic hydroxyl groups is 1. The number of Topliss-reactive ketones (excluding diaryl/α,β-unsaturated/α-hetero) is 4. The van der Waals surface area contributed by atoms with Crippen LogP contribution in [0.15, 0.2) is 213 Å². The van der Waals surface area contributed by atoms with Crippen molar-refractivity contribution in [1.29, 1.82) is 15.8 Å². The molecule has 0 bridgehead atoms. The first-order chi connectivity index (χ1) is 62.3. The van der Waals surface area contributed by atoms with E-state index in [4.69, 9.17) is 58.3 Å². The minimum atomic E-state index is -1.02. The topological polar surface area (TPSA) is 539 Å². The van der Waals surface area contributed by atoms with Crippen LogP contribution < -0.4 is 191 Å². The van der Waals surface area contributed by atoms with Crippen molar-refractivity contribution in [1.82, 2.24) is 94.4 Å². The molecule has 42 heteroatoms. The number of alkyl halides is 1. The number of hydrogen-bond donors (Lipinski definition) is 5. The zero-order chi connectivity index (χ0) is 94.6. The average Bonchev–Trinajstić information content (AvgIpc) is 1.79. The molecule has 0 aliphatic carbocycles. The minimum absolute atomic E-state index is 0. The van der Waals surface area contributed by atoms with Crippen LogP contribution in [0.4, 0.5) is 17.8 Å². The van der Waals surface area contributed by atoms with Crippen molar-refractivity contribution in [2.75, 3.05) is 38.5 Å². The number of nitriles is 3. The number of aromatic amines is 1. The van der Waals surface area contributed by atoms with Crippen molar-refractivity contribution in [2.24, 2.45) is 0 Å². The van der Waals surface area contributed by atoms with Gasteiger partial charge in [-0.2, -0.15) is 36.2 Å². The van der Waals surface area contributed by atoms with Crippen LogP contribution in [-0.4, -0.2) is 173 Å². The van der Waals surface area contributed by atoms with Gasteiger partial charge in [-0.25, -0.2) is 44.9 Å². The summed E-state index contributed by atoms with van der Waals surface area (Å²) >= 11 is 9.10. The van der Waals surface area contributed by atoms with E-state index in [9.17, 15) is 34.8 Å². The Balaban J connectivity index is 0.000000832. The molecule has 0 saturated carbocycles. The van der Waals surface area contributed by atoms with E-state index >= 15 is 0 Å². The van der Waals surface area contributed by atoms with E-state index in [1.54, 1.807) is 145 Å². The predicted molar refractivity (Wildman–Crippen MR) is 505 cm³/mol. The molecule has 8 N–H and O–H groups in total. The summed E-state index contributed by atoms with van der Waals surface area (Å²) < 4.78 is 21.4. The number of nitrogens with two attached hydrogens (primary N) is 3. The first-order valence-corrected chi connectivity index (χ1v) is 40.5. The quantitative estimate of drug-likeness (QED) is 0.00912. The van der Waals surface area contributed by atoms with Crippen molar-refractivity contribution in [3.63, 3.8) is 0 Å². The minimum Gasteiger partial charge on any atom is -1.00 e. The Kier molecular flexibility index (Phi) is 54.5. The zero-order valence-electron chi connectivity index (χ0n) is 77.6. The Morgan fingerprint density at radius 2 is 0.838 bits per heavy atom. The molecule has 0 spiro atoms. The molecule has 12 aromatic heterocycles. The number of carbonyl (C=O) groups excluding carboxylic acids is 5. The Bertz CT molecular complexity index is 6570. The van der Waals surface area contributed by atoms with Crippen LogP contribution in [0, 0.1) is 62.2 Å². The molecule has 0 unspecified atom stereocenters. The van der Waals surface area contributed by atoms with E-state index in [0.717, 1.165) is 39.5 Å². The van der Waals surface area contributed by atoms with Crippen molar-refractivity contribution >= 4 is 98.0 Å². The number of carbonyl (C=O) groups is 5. The van der Waals surface area contributed by atoms with E-state index in [2.05, 4.69) is 119 Å². The van der Waals surface area contributed by atoms with Crippen molar-refractivity contribution in [3.8, 4) is 91.7 Å². The first kappa shape index (κ1) is 121. The molecule has 36 nitrogen and oxygen atoms in total. The molecule has 688 valence electrons. The van der Waals surface area contributed by atoms with E-state index in [0.29, 0.717) is 138 Å². The maximum Gasteiger partial charge on any atom is 2.00 e. The summed E-state index contributed by atoms with van der Waals surface area (Å²) in [6.07, 6.45) is 14.4. The standard InChI is InChI=1S/C24H23N7O2.C23H19N7O2.C12H9ClN4O.C12H13N3O.C8H8BrNO.C8H9NO.C4H6N2.CH2O3.CH4.CH3.BrH.2Cs.Mg.H/c1-24(2,32)21-9-5-7-17(28-21)14-31-13-16(12-27-31)19-10-20(30-23(26)29-19)18-8-4-6-15(11-25)22(18)33-3;1-14(31)19-8-4-6-17(27-19)13-30-12-16(11-26-30)20-9-21(29-23(25)28-20)18-7-3-5-15(10-24)22(18)32-2;1-18-11-7(6-14)3-2-4-8(11)9-5-10(13)17-12(15)16-9;1-9-6-13-15(7-9)8-11-4-3-5-12(14-11)10(2)16;1-6(11)8-4-2-3-7(5-9)10-8;1-6-4-3-5-8(9-6)7(2)10;1-4-2-5-6-3-4;2-1-4-3;;;;;;;/h4-10,12-13,32H,14H2,1-3H3,(H2,26,29,30);3-9,11-12H,13H2,1-2H3,(H2,25,28,29);2-5H,1H3,(H2,15,16,17);3-7H,8H2,1-2H3;2-4H,5H2,1H3;3-5H,1-2H3;2-3H,1H3,(H,5,6);1,3H;1H4;1H3;1H;;;;/q;;;;;;;;;-1;;2*+1;+2;-1/p-2. The van der Waals surface area contributed by atoms with Gasteiger partial charge in [-0.1, -0.05) is 83.5 Å². The second kappa shape index (κ2) is 61.2. The number of halogens is 3. The van der Waals surface area contributed by atoms with Crippen LogP contribution in [0.5, 0.6) is 17.2 Å². The monoisotopic (exact) mass is 2230 g/mol. The van der Waals surface area contributed by atoms with Gasteiger partial charge in [0.1, 0.15) is 69.0 Å². The van der Waals surface area contributed by atoms with Gasteiger partial charge in [0.15, 0.2) is 23.1 Å². The molecule has 3 aromatic carbocycles. The number of nitrogens with zero attached hydrogens (tertiary/aromatic N) is 21. The van der Waals surface area contributed by atoms with Gasteiger partial charge in [0.05, 0.1) is 139 Å². The van der Waals surface area contributed by atoms with Crippen molar-refractivity contribution < 1.29 is 210 Å². The largest absolute Gasteiger partial charge is 2.00 e. The molecular weight excluding hydrogens is 2140 g/mol. The van der Waals surface area contributed by atoms with Crippen LogP contribution >= 0.6 is 27.5 Å². The van der Waals surface area contributed by atoms with Crippen LogP contribution in [0.3, 0.4) is 0 Å². The van der Waals surface area contributed by atoms with Gasteiger partial charge in [0.25, 0.3) is 6.47 Å². The molecule has 0 radical (unpaired) electrons. The fraction of sp³-hybridized carbons (Fsp3) is 0.191. The second-order valence-corrected chi connectivity index (χ2v) is 29.0. The summed E-state index contributed by atoms with van der Waals surface area (Å²) in [6.45, 7) is 16.5. The first-order valence-electron chi connectivity index (χ1n) is 39.0. The predicted octanol–water partition coefficient (Wildman–Crippen LogP) is 5.11. The van der Waals surface area contributed by atoms with Crippen LogP contribution in [-0.2, 0) is 40.2 Å². The third-order valence-electron chi connectivity index (χ3n) is 17.6. The molecular formula is C94H96Br2ClCs2MgN25O11. The summed E-state index contributed by atoms with van der Waals surface area (Å²) in [4.78, 5) is 102. The van der Waals surface area contributed by atoms with E-state index in [1.807, 2.05) is 117 Å². The molecule has 0 aliphatic rings. The second-order valence-electron chi connectivity index (χ2n) is 28.1. The number of ketones is 4. The van der Waals surface area contributed by atoms with Crippen LogP contribution in [0.2, 0.25) is 5.15 Å². The smallest absolute Gasteiger partial charge is 1.00 e. The van der Waals surface area contributed by atoms with Gasteiger partial charge in [-0.15, -0.1) is 0 Å². The molecule has 0 aliphatic heterocycles. The van der Waals surface area contributed by atoms with Gasteiger partial charge in [0.2, 0.25) is 17.8 Å². The number of ether oxygens (including phenoxy) is 3. The fourth-order valence-electron chi connectivity index (χ4n) is 11.7. The number of nitrogens with one attached hydrogen (secondary N) is 1. The number of H-pyrrole nitrogens is 1. The Labute approximate surface area is 946 Å². The molecule has 15 rings (SSSR count). The molecule has 0 saturated heterocycles. The summed E-state index contributed by atoms with van der Waals surface area (Å²) in [5, 5.41) is 66.7. The molecule has 136 heavy (non-hydrogen) atoms. The summed E-state index contributed by atoms with van der Waals surface area (Å²) in [7, 11) is 4.51. The number of anilines is 3. The van der Waals surface area contributed by atoms with Gasteiger partial charge in [-0.05, 0) is 155 Å². The maximum atomic E-state index is 11.6. The number of para-hydroxylation sites is 3. The fourth-order valence-corrected chi connectivity index (χ4v) is 12.2. The van der Waals surface area contributed by atoms with Gasteiger partial charge >= 0.3 is 161 Å². The number of pyridine rings is 5. The van der Waals surface area contributed by atoms with Crippen molar-refractivity contribution in [3.05, 3.63) is 311 Å². The third kappa shape index (κ3) is 37.8. The van der Waals surface area contributed by atoms with Crippen molar-refractivity contribution in [2.45, 2.75) is 100 Å². The van der Waals surface area contributed by atoms with Crippen LogP contribution in [0.1, 0.15) is 154 Å². The molecule has 0 fully saturated rings. The van der Waals surface area contributed by atoms with Gasteiger partial charge < -0.3 is 72.5 Å². The number of aromatic nitrogens is 19. The molecule has 15 aromatic rings. The molecule has 0 atom stereocenters. The maximum absolute atomic E-state index is 11.6. The number of hydrogen-bond acceptors (Lipinski definition) is 32. The Hall–Kier alpha value is -11.0. The Morgan fingerprint density at radius 3 is 1.15 bits per heavy atom. The summed E-state index contributed by atoms with van der Waals surface area (Å²) in [6, 6.07) is 54.2. The SMILES string of the molecule is C.CC(=O)c1cccc(C)n1.CC(=O)c1cccc(CBr)n1.CC(=O)c1cccc(Cn2cc(C)cn2)n1.COc1c(C#N)cccc1-c1cc(-c2cnn(Cc3cccc(C(C)(C)O)n3)c2)nc(N)n1.COc1c(C#N)cccc1-c1cc(-c2cnn(Cc3cccc(C(C)=O)n3)c2)nc(N)n1.COc1c(C#N)cccc1-c1cc(Cl)nc(N)n1.Cc1cn[nH]c1.O=CO[O-].[Br-].[CH3-].[Cs+].[Cs+].[H-].[Mg+2]. The number of aryl methyl sites for hydroxylation is 3. The Morgan fingerprint density at radius 1 is 0.500 bits per heavy atom. The average molecular weight is 2240 g/mol. The number of benzene rings is 3. The van der Waals surface area contributed by atoms with Crippen LogP contribution in [0.25, 0.3) is 56.3 Å².